The van der Waals surface area contributed by atoms with Gasteiger partial charge in [-0.25, -0.2) is 9.78 Å². The summed E-state index contributed by atoms with van der Waals surface area (Å²) in [5.41, 5.74) is 3.95. The van der Waals surface area contributed by atoms with E-state index in [0.29, 0.717) is 40.0 Å². The molecular weight excluding hydrogens is 712 g/mol. The van der Waals surface area contributed by atoms with Crippen molar-refractivity contribution in [1.29, 1.82) is 0 Å². The van der Waals surface area contributed by atoms with Crippen LogP contribution in [0.5, 0.6) is 0 Å². The lowest BCUT2D eigenvalue weighted by atomic mass is 9.97. The van der Waals surface area contributed by atoms with Crippen molar-refractivity contribution in [3.63, 3.8) is 0 Å². The largest absolute Gasteiger partial charge is 0.478 e. The number of amides is 1. The number of nitrogens with one attached hydrogen (secondary N) is 2. The van der Waals surface area contributed by atoms with Gasteiger partial charge in [0.2, 0.25) is 0 Å². The molecule has 7 rings (SSSR count). The molecule has 0 saturated heterocycles. The number of aromatic amines is 1. The van der Waals surface area contributed by atoms with Crippen molar-refractivity contribution in [2.75, 3.05) is 11.9 Å². The van der Waals surface area contributed by atoms with Crippen molar-refractivity contribution in [1.82, 2.24) is 20.1 Å². The van der Waals surface area contributed by atoms with Crippen LogP contribution in [0.2, 0.25) is 0 Å². The quantitative estimate of drug-likeness (QED) is 0.141. The summed E-state index contributed by atoms with van der Waals surface area (Å²) in [5.74, 6) is -0.609. The molecule has 276 valence electrons. The Bertz CT molecular complexity index is 2240. The Balaban J connectivity index is 0.000000221. The molecule has 0 aliphatic carbocycles. The number of fused-ring (bicyclic) bond motifs is 1. The number of aromatic nitrogens is 3. The maximum atomic E-state index is 13.1. The molecule has 1 amide bonds. The highest BCUT2D eigenvalue weighted by atomic mass is 19.4. The van der Waals surface area contributed by atoms with Crippen molar-refractivity contribution < 1.29 is 41.0 Å². The minimum absolute atomic E-state index is 0.0576. The van der Waals surface area contributed by atoms with E-state index >= 15 is 0 Å². The van der Waals surface area contributed by atoms with E-state index < -0.39 is 29.4 Å². The molecule has 0 spiro atoms. The molecule has 0 atom stereocenters. The fraction of sp³-hybridized carbons (Fsp3) is 0.150. The molecule has 6 aromatic rings. The number of halogens is 6. The van der Waals surface area contributed by atoms with Crippen molar-refractivity contribution in [2.24, 2.45) is 0 Å². The zero-order chi connectivity index (χ0) is 38.5. The van der Waals surface area contributed by atoms with Gasteiger partial charge >= 0.3 is 18.3 Å². The molecule has 0 bridgehead atoms. The highest BCUT2D eigenvalue weighted by molar-refractivity contribution is 6.08. The summed E-state index contributed by atoms with van der Waals surface area (Å²) in [6, 6.07) is 28.2. The standard InChI is InChI=1S/C26H22F3N5O.C14H9F3O2/c27-26(28,29)20-8-5-17(6-9-20)22-3-1-2-4-23(22)25(35)32-21-10-7-19-14-34(12-11-18(19)13-21)15-24-30-16-31-33-24;15-14(16,17)10-7-5-9(6-8-10)11-3-1-2-4-12(11)13(18)19/h1-10,13,16H,11-12,14-15H2,(H,32,35)(H,30,31,33);1-8H,(H,18,19). The van der Waals surface area contributed by atoms with Crippen LogP contribution in [0.1, 0.15) is 48.8 Å². The summed E-state index contributed by atoms with van der Waals surface area (Å²) in [6.07, 6.45) is -6.47. The molecule has 54 heavy (non-hydrogen) atoms. The molecule has 5 aromatic carbocycles. The molecular formula is C40H31F6N5O3. The zero-order valence-electron chi connectivity index (χ0n) is 28.2. The number of carbonyl (C=O) groups excluding carboxylic acids is 1. The van der Waals surface area contributed by atoms with Gasteiger partial charge in [-0.15, -0.1) is 0 Å². The number of benzene rings is 5. The third-order valence-corrected chi connectivity index (χ3v) is 8.77. The first-order chi connectivity index (χ1) is 25.8. The minimum atomic E-state index is -4.41. The molecule has 8 nitrogen and oxygen atoms in total. The second-order valence-electron chi connectivity index (χ2n) is 12.4. The van der Waals surface area contributed by atoms with Crippen LogP contribution in [0.4, 0.5) is 32.0 Å². The lowest BCUT2D eigenvalue weighted by Crippen LogP contribution is -2.30. The normalized spacial score (nSPS) is 13.0. The van der Waals surface area contributed by atoms with E-state index in [9.17, 15) is 35.9 Å². The van der Waals surface area contributed by atoms with E-state index in [2.05, 4.69) is 25.4 Å². The number of carbonyl (C=O) groups is 2. The molecule has 0 fully saturated rings. The van der Waals surface area contributed by atoms with E-state index in [4.69, 9.17) is 5.11 Å². The van der Waals surface area contributed by atoms with Gasteiger partial charge < -0.3 is 10.4 Å². The van der Waals surface area contributed by atoms with Gasteiger partial charge in [0, 0.05) is 24.3 Å². The highest BCUT2D eigenvalue weighted by Crippen LogP contribution is 2.34. The number of nitrogens with zero attached hydrogens (tertiary/aromatic N) is 3. The Morgan fingerprint density at radius 3 is 1.81 bits per heavy atom. The Morgan fingerprint density at radius 1 is 0.722 bits per heavy atom. The van der Waals surface area contributed by atoms with Gasteiger partial charge in [-0.1, -0.05) is 66.7 Å². The monoisotopic (exact) mass is 743 g/mol. The van der Waals surface area contributed by atoms with Crippen LogP contribution in [0.3, 0.4) is 0 Å². The molecule has 0 unspecified atom stereocenters. The fourth-order valence-electron chi connectivity index (χ4n) is 6.07. The van der Waals surface area contributed by atoms with Crippen LogP contribution < -0.4 is 5.32 Å². The van der Waals surface area contributed by atoms with Crippen LogP contribution in [0.15, 0.2) is 122 Å². The molecule has 2 heterocycles. The van der Waals surface area contributed by atoms with Gasteiger partial charge in [-0.3, -0.25) is 14.8 Å². The molecule has 3 N–H and O–H groups in total. The summed E-state index contributed by atoms with van der Waals surface area (Å²) in [4.78, 5) is 30.6. The number of hydrogen-bond donors (Lipinski definition) is 3. The number of alkyl halides is 6. The number of rotatable bonds is 7. The van der Waals surface area contributed by atoms with Crippen LogP contribution >= 0.6 is 0 Å². The summed E-state index contributed by atoms with van der Waals surface area (Å²) in [5, 5.41) is 18.7. The van der Waals surface area contributed by atoms with Crippen molar-refractivity contribution in [3.8, 4) is 22.3 Å². The van der Waals surface area contributed by atoms with Gasteiger partial charge in [0.25, 0.3) is 5.91 Å². The maximum absolute atomic E-state index is 13.1. The Labute approximate surface area is 305 Å². The lowest BCUT2D eigenvalue weighted by molar-refractivity contribution is -0.138. The second-order valence-corrected chi connectivity index (χ2v) is 12.4. The number of carboxylic acid groups (broad SMARTS) is 1. The third-order valence-electron chi connectivity index (χ3n) is 8.77. The van der Waals surface area contributed by atoms with Crippen LogP contribution in [0, 0.1) is 0 Å². The molecule has 1 aliphatic rings. The molecule has 14 heteroatoms. The Kier molecular flexibility index (Phi) is 10.9. The summed E-state index contributed by atoms with van der Waals surface area (Å²) < 4.78 is 76.1. The number of aromatic carboxylic acids is 1. The first kappa shape index (κ1) is 37.5. The SMILES string of the molecule is O=C(Nc1ccc2c(c1)CCN(Cc1ncn[nH]1)C2)c1ccccc1-c1ccc(C(F)(F)F)cc1.O=C(O)c1ccccc1-c1ccc(C(F)(F)F)cc1. The number of anilines is 1. The maximum Gasteiger partial charge on any atom is 0.416 e. The van der Waals surface area contributed by atoms with E-state index in [1.807, 2.05) is 18.2 Å². The van der Waals surface area contributed by atoms with Crippen molar-refractivity contribution in [2.45, 2.75) is 31.9 Å². The third kappa shape index (κ3) is 9.01. The van der Waals surface area contributed by atoms with Crippen LogP contribution in [-0.2, 0) is 31.9 Å². The zero-order valence-corrected chi connectivity index (χ0v) is 28.2. The van der Waals surface area contributed by atoms with E-state index in [1.165, 1.54) is 47.8 Å². The Morgan fingerprint density at radius 2 is 1.28 bits per heavy atom. The highest BCUT2D eigenvalue weighted by Gasteiger charge is 2.31. The van der Waals surface area contributed by atoms with E-state index in [1.54, 1.807) is 42.5 Å². The van der Waals surface area contributed by atoms with Crippen LogP contribution in [-0.4, -0.2) is 43.6 Å². The lowest BCUT2D eigenvalue weighted by Gasteiger charge is -2.28. The first-order valence-electron chi connectivity index (χ1n) is 16.5. The van der Waals surface area contributed by atoms with Crippen molar-refractivity contribution >= 4 is 17.6 Å². The number of H-pyrrole nitrogens is 1. The smallest absolute Gasteiger partial charge is 0.416 e. The number of hydrogen-bond acceptors (Lipinski definition) is 5. The Hall–Kier alpha value is -6.28. The van der Waals surface area contributed by atoms with Gasteiger partial charge in [0.1, 0.15) is 12.2 Å². The summed E-state index contributed by atoms with van der Waals surface area (Å²) in [6.45, 7) is 2.33. The van der Waals surface area contributed by atoms with Gasteiger partial charge in [-0.05, 0) is 88.3 Å². The molecule has 1 aliphatic heterocycles. The molecule has 0 saturated carbocycles. The number of carboxylic acids is 1. The predicted molar refractivity (Wildman–Crippen MR) is 189 cm³/mol. The second kappa shape index (κ2) is 15.8. The summed E-state index contributed by atoms with van der Waals surface area (Å²) >= 11 is 0. The van der Waals surface area contributed by atoms with Crippen LogP contribution in [0.25, 0.3) is 22.3 Å². The minimum Gasteiger partial charge on any atom is -0.478 e. The average molecular weight is 744 g/mol. The molecule has 0 radical (unpaired) electrons. The first-order valence-corrected chi connectivity index (χ1v) is 16.5. The van der Waals surface area contributed by atoms with Gasteiger partial charge in [0.15, 0.2) is 0 Å². The van der Waals surface area contributed by atoms with Gasteiger partial charge in [-0.2, -0.15) is 31.4 Å². The van der Waals surface area contributed by atoms with Crippen molar-refractivity contribution in [3.05, 3.63) is 161 Å². The topological polar surface area (TPSA) is 111 Å². The summed E-state index contributed by atoms with van der Waals surface area (Å²) in [7, 11) is 0. The predicted octanol–water partition coefficient (Wildman–Crippen LogP) is 9.37. The average Bonchev–Trinajstić information content (AvgIpc) is 3.67. The fourth-order valence-corrected chi connectivity index (χ4v) is 6.07. The van der Waals surface area contributed by atoms with E-state index in [-0.39, 0.29) is 11.5 Å². The van der Waals surface area contributed by atoms with Gasteiger partial charge in [0.05, 0.1) is 23.2 Å². The molecule has 1 aromatic heterocycles. The van der Waals surface area contributed by atoms with E-state index in [0.717, 1.165) is 49.6 Å².